The van der Waals surface area contributed by atoms with Gasteiger partial charge in [0.25, 0.3) is 0 Å². The Morgan fingerprint density at radius 2 is 1.15 bits per heavy atom. The van der Waals surface area contributed by atoms with Crippen molar-refractivity contribution in [1.82, 2.24) is 10.2 Å². The molecule has 0 aromatic heterocycles. The van der Waals surface area contributed by atoms with Crippen molar-refractivity contribution in [3.63, 3.8) is 0 Å². The molecule has 0 bridgehead atoms. The monoisotopic (exact) mass is 1060 g/mol. The number of halogens is 5. The largest absolute Gasteiger partial charge is 1.00 e. The molecule has 0 aromatic rings. The van der Waals surface area contributed by atoms with Gasteiger partial charge in [-0.3, -0.25) is 19.2 Å². The first-order chi connectivity index (χ1) is 25.1. The third kappa shape index (κ3) is 40.2. The maximum absolute atomic E-state index is 11.4. The van der Waals surface area contributed by atoms with Crippen LogP contribution < -0.4 is 34.9 Å². The standard InChI is InChI=1S/C10H18ClNO2.C10H17ClNO2.C8H15NO2.C3H6O2.C2H3ClO.CN.B.I2.Na/c2*1-2-14-10(13)9-3-6-12(7-4-9)8-5-11;1-2-11-8(10)7-3-5-9-6-4-7;1-2-3(4)5;3-1-2-4;1-2;;1-2;/h9H,2-8H2,1H3;8-9H,2-7H2,1H3;7,9H,2-6H2,1H3;2H2,1H3,(H,4,5);2H,1H2;;;;/q;+1;;;;-1;;;+1. The molecule has 20 heteroatoms. The second-order valence-electron chi connectivity index (χ2n) is 10.8. The minimum atomic E-state index is -0.745. The zero-order valence-electron chi connectivity index (χ0n) is 32.6. The van der Waals surface area contributed by atoms with Crippen molar-refractivity contribution in [2.45, 2.75) is 72.6 Å². The summed E-state index contributed by atoms with van der Waals surface area (Å²) in [5, 5.41) is 17.2. The fraction of sp³-hybridized carbons (Fsp3) is 0.794. The number of nitrogens with one attached hydrogen (secondary N) is 1. The molecule has 0 amide bonds. The van der Waals surface area contributed by atoms with Gasteiger partial charge in [-0.2, -0.15) is 0 Å². The number of carboxylic acid groups (broad SMARTS) is 1. The Morgan fingerprint density at radius 3 is 1.44 bits per heavy atom. The summed E-state index contributed by atoms with van der Waals surface area (Å²) in [5.41, 5.74) is 0. The van der Waals surface area contributed by atoms with Crippen molar-refractivity contribution < 1.29 is 77.4 Å². The van der Waals surface area contributed by atoms with Crippen molar-refractivity contribution in [3.05, 3.63) is 6.57 Å². The Balaban J connectivity index is -0.000000136. The molecular formula is C34H59BCl3I2N4NaO9+. The van der Waals surface area contributed by atoms with E-state index < -0.39 is 5.97 Å². The van der Waals surface area contributed by atoms with Gasteiger partial charge in [0, 0.05) is 77.3 Å². The van der Waals surface area contributed by atoms with E-state index in [9.17, 15) is 19.2 Å². The van der Waals surface area contributed by atoms with Crippen molar-refractivity contribution in [3.8, 4) is 0 Å². The van der Waals surface area contributed by atoms with Crippen LogP contribution in [0.25, 0.3) is 0 Å². The molecule has 0 spiro atoms. The molecule has 13 nitrogen and oxygen atoms in total. The van der Waals surface area contributed by atoms with Crippen LogP contribution in [0.2, 0.25) is 0 Å². The summed E-state index contributed by atoms with van der Waals surface area (Å²) >= 11 is 20.3. The minimum Gasteiger partial charge on any atom is -0.512 e. The number of hydrogen-bond donors (Lipinski definition) is 2. The van der Waals surface area contributed by atoms with Crippen LogP contribution in [0.15, 0.2) is 0 Å². The van der Waals surface area contributed by atoms with E-state index in [-0.39, 0.29) is 85.9 Å². The van der Waals surface area contributed by atoms with Gasteiger partial charge in [0.1, 0.15) is 19.4 Å². The summed E-state index contributed by atoms with van der Waals surface area (Å²) in [7, 11) is 0. The van der Waals surface area contributed by atoms with Crippen LogP contribution in [0.5, 0.6) is 0 Å². The number of nitrogens with zero attached hydrogens (tertiary/aromatic N) is 3. The molecule has 2 N–H and O–H groups in total. The van der Waals surface area contributed by atoms with E-state index in [2.05, 4.69) is 52.0 Å². The Labute approximate surface area is 386 Å². The summed E-state index contributed by atoms with van der Waals surface area (Å²) in [6.07, 6.45) is 8.28. The van der Waals surface area contributed by atoms with Crippen molar-refractivity contribution in [2.75, 3.05) is 83.3 Å². The van der Waals surface area contributed by atoms with Crippen LogP contribution in [-0.2, 0) is 38.2 Å². The van der Waals surface area contributed by atoms with Gasteiger partial charge >= 0.3 is 53.4 Å². The van der Waals surface area contributed by atoms with Crippen LogP contribution >= 0.6 is 72.0 Å². The number of aldehydes is 1. The topological polar surface area (TPSA) is 175 Å². The molecule has 3 aliphatic rings. The second kappa shape index (κ2) is 51.0. The first-order valence-electron chi connectivity index (χ1n) is 17.3. The van der Waals surface area contributed by atoms with Crippen molar-refractivity contribution >= 4 is 117 Å². The van der Waals surface area contributed by atoms with E-state index in [0.29, 0.717) is 37.9 Å². The van der Waals surface area contributed by atoms with E-state index >= 15 is 0 Å². The number of esters is 3. The second-order valence-corrected chi connectivity index (χ2v) is 11.8. The average Bonchev–Trinajstić information content (AvgIpc) is 3.18. The molecule has 3 saturated heterocycles. The van der Waals surface area contributed by atoms with E-state index in [0.717, 1.165) is 84.3 Å². The average molecular weight is 1060 g/mol. The molecule has 307 valence electrons. The zero-order chi connectivity index (χ0) is 40.6. The molecule has 3 fully saturated rings. The molecule has 0 saturated carbocycles. The third-order valence-electron chi connectivity index (χ3n) is 7.41. The zero-order valence-corrected chi connectivity index (χ0v) is 41.1. The van der Waals surface area contributed by atoms with Gasteiger partial charge < -0.3 is 46.2 Å². The van der Waals surface area contributed by atoms with Crippen LogP contribution in [0.1, 0.15) is 72.6 Å². The molecule has 0 aromatic carbocycles. The number of carbonyl (C=O) groups is 5. The van der Waals surface area contributed by atoms with Gasteiger partial charge in [0.2, 0.25) is 0 Å². The van der Waals surface area contributed by atoms with Crippen LogP contribution in [0, 0.1) is 29.6 Å². The molecule has 54 heavy (non-hydrogen) atoms. The molecule has 3 heterocycles. The number of aliphatic carboxylic acids is 1. The minimum absolute atomic E-state index is 0. The molecule has 0 aliphatic carbocycles. The maximum Gasteiger partial charge on any atom is 1.00 e. The van der Waals surface area contributed by atoms with Crippen LogP contribution in [-0.4, -0.2) is 143 Å². The summed E-state index contributed by atoms with van der Waals surface area (Å²) in [4.78, 5) is 54.6. The Kier molecular flexibility index (Phi) is 62.3. The summed E-state index contributed by atoms with van der Waals surface area (Å²) in [6, 6.07) is 0. The van der Waals surface area contributed by atoms with Crippen molar-refractivity contribution in [1.29, 1.82) is 5.26 Å². The summed E-state index contributed by atoms with van der Waals surface area (Å²) in [5.74, 6) is 0.844. The number of piperidine rings is 3. The van der Waals surface area contributed by atoms with Gasteiger partial charge in [-0.25, -0.2) is 4.58 Å². The van der Waals surface area contributed by atoms with Gasteiger partial charge in [-0.05, 0) is 72.6 Å². The van der Waals surface area contributed by atoms with Crippen molar-refractivity contribution in [2.24, 2.45) is 17.8 Å². The molecule has 0 unspecified atom stereocenters. The van der Waals surface area contributed by atoms with Crippen LogP contribution in [0.4, 0.5) is 0 Å². The van der Waals surface area contributed by atoms with Crippen LogP contribution in [0.3, 0.4) is 0 Å². The quantitative estimate of drug-likeness (QED) is 0.0454. The van der Waals surface area contributed by atoms with E-state index in [1.54, 1.807) is 6.92 Å². The van der Waals surface area contributed by atoms with Gasteiger partial charge in [-0.15, -0.1) is 34.8 Å². The maximum atomic E-state index is 11.4. The van der Waals surface area contributed by atoms with Gasteiger partial charge in [0.15, 0.2) is 6.21 Å². The van der Waals surface area contributed by atoms with Gasteiger partial charge in [0.05, 0.1) is 49.3 Å². The number of hydrogen-bond acceptors (Lipinski definition) is 11. The SMILES string of the molecule is CCC(=O)O.CCOC(=O)C1CCN(CCCl)CC1.CCOC(=O)C1CCNCC1.CCOC(=O)C1CC[N+](=CCCl)CC1.II.O=CCCl.[B].[C-]#N.[Na+]. The van der Waals surface area contributed by atoms with Gasteiger partial charge in [-0.1, -0.05) is 6.92 Å². The number of rotatable bonds is 11. The normalized spacial score (nSPS) is 16.1. The molecule has 0 atom stereocenters. The Hall–Kier alpha value is 0.0249. The first kappa shape index (κ1) is 65.9. The van der Waals surface area contributed by atoms with E-state index in [1.807, 2.05) is 27.0 Å². The third-order valence-corrected chi connectivity index (χ3v) is 7.84. The van der Waals surface area contributed by atoms with E-state index in [1.165, 1.54) is 0 Å². The van der Waals surface area contributed by atoms with E-state index in [4.69, 9.17) is 70.7 Å². The molecule has 3 aliphatic heterocycles. The fourth-order valence-corrected chi connectivity index (χ4v) is 5.20. The predicted molar refractivity (Wildman–Crippen MR) is 228 cm³/mol. The number of alkyl halides is 3. The number of likely N-dealkylation sites (tertiary alicyclic amines) is 1. The number of ether oxygens (including phenoxy) is 3. The first-order valence-corrected chi connectivity index (χ1v) is 25.2. The summed E-state index contributed by atoms with van der Waals surface area (Å²) in [6.45, 7) is 19.9. The predicted octanol–water partition coefficient (Wildman–Crippen LogP) is 2.73. The Bertz CT molecular complexity index is 961. The molecular weight excluding hydrogens is 1000 g/mol. The Morgan fingerprint density at radius 1 is 0.796 bits per heavy atom. The smallest absolute Gasteiger partial charge is 0.512 e. The summed E-state index contributed by atoms with van der Waals surface area (Å²) < 4.78 is 17.1. The number of carboxylic acids is 1. The number of carbonyl (C=O) groups excluding carboxylic acids is 4. The molecule has 3 rings (SSSR count). The molecule has 3 radical (unpaired) electrons. The fourth-order valence-electron chi connectivity index (χ4n) is 4.77.